The van der Waals surface area contributed by atoms with Gasteiger partial charge in [0.05, 0.1) is 35.7 Å². The molecule has 1 saturated heterocycles. The summed E-state index contributed by atoms with van der Waals surface area (Å²) in [4.78, 5) is 76.1. The Kier molecular flexibility index (Phi) is 10.6. The summed E-state index contributed by atoms with van der Waals surface area (Å²) in [6, 6.07) is 2.15. The second-order valence-electron chi connectivity index (χ2n) is 18.3. The van der Waals surface area contributed by atoms with Gasteiger partial charge in [-0.3, -0.25) is 28.5 Å². The van der Waals surface area contributed by atoms with Crippen LogP contribution >= 0.6 is 0 Å². The lowest BCUT2D eigenvalue weighted by molar-refractivity contribution is -0.143. The number of hydrogen-bond acceptors (Lipinski definition) is 11. The van der Waals surface area contributed by atoms with E-state index < -0.39 is 87.0 Å². The van der Waals surface area contributed by atoms with Crippen LogP contribution in [-0.4, -0.2) is 102 Å². The minimum Gasteiger partial charge on any atom is -0.497 e. The molecule has 2 bridgehead atoms. The molecule has 4 saturated carbocycles. The van der Waals surface area contributed by atoms with Crippen molar-refractivity contribution in [3.8, 4) is 11.8 Å². The predicted octanol–water partition coefficient (Wildman–Crippen LogP) is 3.24. The molecule has 322 valence electrons. The summed E-state index contributed by atoms with van der Waals surface area (Å²) >= 11 is 0. The summed E-state index contributed by atoms with van der Waals surface area (Å²) < 4.78 is 75.0. The average molecular weight is 847 g/mol. The number of carbonyl (C=O) groups excluding carboxylic acids is 4. The zero-order chi connectivity index (χ0) is 42.2. The van der Waals surface area contributed by atoms with Crippen molar-refractivity contribution in [1.82, 2.24) is 29.8 Å². The van der Waals surface area contributed by atoms with E-state index in [1.165, 1.54) is 16.6 Å². The van der Waals surface area contributed by atoms with Crippen LogP contribution in [0.25, 0.3) is 10.9 Å². The van der Waals surface area contributed by atoms with Crippen molar-refractivity contribution in [3.63, 3.8) is 0 Å². The third kappa shape index (κ3) is 8.07. The van der Waals surface area contributed by atoms with Gasteiger partial charge in [0.25, 0.3) is 17.5 Å². The van der Waals surface area contributed by atoms with E-state index in [1.54, 1.807) is 39.0 Å². The number of ether oxygens (including phenoxy) is 3. The van der Waals surface area contributed by atoms with Crippen LogP contribution in [0.1, 0.15) is 85.0 Å². The molecule has 4 aliphatic carbocycles. The Hall–Kier alpha value is -4.55. The predicted molar refractivity (Wildman–Crippen MR) is 207 cm³/mol. The smallest absolute Gasteiger partial charge is 0.408 e. The van der Waals surface area contributed by atoms with E-state index in [0.29, 0.717) is 47.8 Å². The van der Waals surface area contributed by atoms with E-state index in [9.17, 15) is 41.2 Å². The van der Waals surface area contributed by atoms with Crippen LogP contribution in [0.3, 0.4) is 0 Å². The molecule has 1 aromatic heterocycles. The number of nitrogens with one attached hydrogen (secondary N) is 3. The van der Waals surface area contributed by atoms with Crippen molar-refractivity contribution in [1.29, 1.82) is 0 Å². The molecular formula is C40H52F2N6O10S. The molecular weight excluding hydrogens is 795 g/mol. The van der Waals surface area contributed by atoms with Gasteiger partial charge in [-0.1, -0.05) is 33.6 Å². The minimum absolute atomic E-state index is 0.0535. The quantitative estimate of drug-likeness (QED) is 0.369. The maximum atomic E-state index is 14.7. The normalized spacial score (nSPS) is 32.4. The van der Waals surface area contributed by atoms with Crippen LogP contribution in [0.5, 0.6) is 11.8 Å². The highest BCUT2D eigenvalue weighted by Crippen LogP contribution is 2.58. The first-order valence-electron chi connectivity index (χ1n) is 20.6. The number of alkyl halides is 2. The van der Waals surface area contributed by atoms with Crippen molar-refractivity contribution in [2.24, 2.45) is 29.1 Å². The van der Waals surface area contributed by atoms with Crippen LogP contribution in [0, 0.1) is 29.1 Å². The number of aromatic nitrogens is 2. The van der Waals surface area contributed by atoms with Crippen LogP contribution in [0.2, 0.25) is 0 Å². The molecule has 2 aromatic rings. The summed E-state index contributed by atoms with van der Waals surface area (Å²) in [5.41, 5.74) is -3.24. The van der Waals surface area contributed by atoms with Gasteiger partial charge >= 0.3 is 6.09 Å². The van der Waals surface area contributed by atoms with E-state index >= 15 is 0 Å². The number of halogens is 2. The molecule has 19 heteroatoms. The van der Waals surface area contributed by atoms with Gasteiger partial charge in [-0.05, 0) is 80.2 Å². The number of rotatable bonds is 7. The maximum absolute atomic E-state index is 14.7. The number of carbonyl (C=O) groups is 4. The molecule has 3 heterocycles. The Morgan fingerprint density at radius 2 is 1.80 bits per heavy atom. The Bertz CT molecular complexity index is 2210. The number of fused-ring (bicyclic) bond motifs is 7. The van der Waals surface area contributed by atoms with E-state index in [1.807, 2.05) is 4.72 Å². The fourth-order valence-electron chi connectivity index (χ4n) is 9.44. The number of amides is 4. The fraction of sp³-hybridized carbons (Fsp3) is 0.700. The fourth-order valence-corrected chi connectivity index (χ4v) is 10.8. The molecule has 0 radical (unpaired) electrons. The van der Waals surface area contributed by atoms with Crippen LogP contribution in [-0.2, 0) is 35.7 Å². The Labute approximate surface area is 340 Å². The van der Waals surface area contributed by atoms with Gasteiger partial charge in [0, 0.05) is 19.0 Å². The topological polar surface area (TPSA) is 204 Å². The van der Waals surface area contributed by atoms with Gasteiger partial charge in [0.1, 0.15) is 35.6 Å². The number of hydrogen-bond donors (Lipinski definition) is 3. The SMILES string of the molecule is COc1ccc2c(=O)n3c(nc2c1)O[C@@H]1C[C@@H](C(=O)N[C@]2(C(=O)NS(=O)(=O)C4CC4)C[C@H]2C(F)F)N(C1)C(=O)[C@H](C(C)(C)C)NC(=O)O[C@@H]1CC2CC2[C@H]1CCCCC3. The second kappa shape index (κ2) is 15.2. The molecule has 2 unspecified atom stereocenters. The zero-order valence-electron chi connectivity index (χ0n) is 33.6. The standard InChI is InChI=1S/C40H52F2N6O10S/c1-39(2,3)31-35(51)48-19-22(17-29(48)33(49)45-40(18-27(40)32(41)42)36(52)46-59(54,55)23-10-11-23)57-37-43-28-16-21(56-4)9-12-25(28)34(50)47(37)13-7-5-6-8-24-26-14-20(26)15-30(24)58-38(53)44-31/h9,12,16,20,22-24,26-27,29-32H,5-8,10-11,13-15,17-19H2,1-4H3,(H,44,53)(H,45,49)(H,46,52)/t20?,22-,24-,26?,27+,29+,30-,31-,40-/m1/s1. The van der Waals surface area contributed by atoms with E-state index in [2.05, 4.69) is 10.6 Å². The third-order valence-corrected chi connectivity index (χ3v) is 14.9. The average Bonchev–Trinajstić information content (AvgIpc) is 4.11. The lowest BCUT2D eigenvalue weighted by Gasteiger charge is -2.36. The number of methoxy groups -OCH3 is 1. The maximum Gasteiger partial charge on any atom is 0.408 e. The molecule has 16 nitrogen and oxygen atoms in total. The molecule has 1 aromatic carbocycles. The highest BCUT2D eigenvalue weighted by molar-refractivity contribution is 7.91. The van der Waals surface area contributed by atoms with Gasteiger partial charge in [0.15, 0.2) is 0 Å². The molecule has 8 rings (SSSR count). The van der Waals surface area contributed by atoms with Crippen molar-refractivity contribution >= 4 is 44.7 Å². The number of sulfonamides is 1. The minimum atomic E-state index is -4.16. The van der Waals surface area contributed by atoms with Gasteiger partial charge in [-0.15, -0.1) is 0 Å². The van der Waals surface area contributed by atoms with Crippen molar-refractivity contribution in [2.75, 3.05) is 13.7 Å². The molecule has 5 fully saturated rings. The molecule has 2 aliphatic heterocycles. The van der Waals surface area contributed by atoms with Crippen molar-refractivity contribution < 1.29 is 50.6 Å². The lowest BCUT2D eigenvalue weighted by Crippen LogP contribution is -2.60. The Balaban J connectivity index is 1.15. The molecule has 59 heavy (non-hydrogen) atoms. The van der Waals surface area contributed by atoms with E-state index in [-0.39, 0.29) is 43.1 Å². The lowest BCUT2D eigenvalue weighted by atomic mass is 9.85. The van der Waals surface area contributed by atoms with Crippen molar-refractivity contribution in [3.05, 3.63) is 28.6 Å². The highest BCUT2D eigenvalue weighted by atomic mass is 32.2. The summed E-state index contributed by atoms with van der Waals surface area (Å²) in [6.07, 6.45) is -0.429. The van der Waals surface area contributed by atoms with Crippen molar-refractivity contribution in [2.45, 2.75) is 133 Å². The molecule has 4 amide bonds. The summed E-state index contributed by atoms with van der Waals surface area (Å²) in [7, 11) is -2.68. The molecule has 3 N–H and O–H groups in total. The monoisotopic (exact) mass is 846 g/mol. The Morgan fingerprint density at radius 3 is 2.47 bits per heavy atom. The third-order valence-electron chi connectivity index (χ3n) is 13.1. The summed E-state index contributed by atoms with van der Waals surface area (Å²) in [6.45, 7) is 5.20. The second-order valence-corrected chi connectivity index (χ2v) is 20.3. The number of benzene rings is 1. The number of alkyl carbamates (subject to hydrolysis) is 1. The summed E-state index contributed by atoms with van der Waals surface area (Å²) in [5.74, 6) is -3.10. The first-order chi connectivity index (χ1) is 27.9. The van der Waals surface area contributed by atoms with Crippen LogP contribution in [0.15, 0.2) is 23.0 Å². The molecule has 0 spiro atoms. The zero-order valence-corrected chi connectivity index (χ0v) is 34.4. The highest BCUT2D eigenvalue weighted by Gasteiger charge is 2.67. The van der Waals surface area contributed by atoms with E-state index in [4.69, 9.17) is 19.2 Å². The first kappa shape index (κ1) is 41.2. The summed E-state index contributed by atoms with van der Waals surface area (Å²) in [5, 5.41) is 4.69. The van der Waals surface area contributed by atoms with Gasteiger partial charge in [-0.2, -0.15) is 4.98 Å². The first-order valence-corrected chi connectivity index (χ1v) is 22.1. The molecule has 9 atom stereocenters. The molecule has 6 aliphatic rings. The largest absolute Gasteiger partial charge is 0.497 e. The van der Waals surface area contributed by atoms with Gasteiger partial charge < -0.3 is 29.7 Å². The van der Waals surface area contributed by atoms with E-state index in [0.717, 1.165) is 32.1 Å². The Morgan fingerprint density at radius 1 is 1.03 bits per heavy atom. The van der Waals surface area contributed by atoms with Crippen LogP contribution in [0.4, 0.5) is 13.6 Å². The number of nitrogens with zero attached hydrogens (tertiary/aromatic N) is 3. The van der Waals surface area contributed by atoms with Gasteiger partial charge in [0.2, 0.25) is 28.3 Å². The van der Waals surface area contributed by atoms with Gasteiger partial charge in [-0.25, -0.2) is 22.0 Å². The van der Waals surface area contributed by atoms with Crippen LogP contribution < -0.4 is 30.4 Å².